The van der Waals surface area contributed by atoms with E-state index in [9.17, 15) is 14.4 Å². The van der Waals surface area contributed by atoms with Crippen molar-refractivity contribution in [2.75, 3.05) is 7.11 Å². The van der Waals surface area contributed by atoms with Crippen LogP contribution in [0.2, 0.25) is 0 Å². The summed E-state index contributed by atoms with van der Waals surface area (Å²) in [5.74, 6) is 1.47. The number of ketones is 2. The average Bonchev–Trinajstić information content (AvgIpc) is 2.77. The van der Waals surface area contributed by atoms with Crippen molar-refractivity contribution in [2.24, 2.45) is 50.2 Å². The fourth-order valence-corrected chi connectivity index (χ4v) is 10.4. The van der Waals surface area contributed by atoms with Gasteiger partial charge in [-0.3, -0.25) is 14.4 Å². The van der Waals surface area contributed by atoms with Crippen LogP contribution >= 0.6 is 0 Å². The smallest absolute Gasteiger partial charge is 0.312 e. The summed E-state index contributed by atoms with van der Waals surface area (Å²) in [5.41, 5.74) is 0.308. The fraction of sp³-hybridized carbons (Fsp3) is 0.839. The van der Waals surface area contributed by atoms with Crippen molar-refractivity contribution in [1.82, 2.24) is 0 Å². The van der Waals surface area contributed by atoms with Crippen molar-refractivity contribution in [3.05, 3.63) is 11.6 Å². The molecule has 7 atom stereocenters. The Hall–Kier alpha value is -1.45. The van der Waals surface area contributed by atoms with E-state index in [0.717, 1.165) is 44.9 Å². The zero-order valence-corrected chi connectivity index (χ0v) is 23.3. The summed E-state index contributed by atoms with van der Waals surface area (Å²) in [4.78, 5) is 39.4. The molecular formula is C31H46O4. The number of allylic oxidation sites excluding steroid dienone is 2. The highest BCUT2D eigenvalue weighted by molar-refractivity contribution is 5.92. The van der Waals surface area contributed by atoms with Crippen LogP contribution in [0.4, 0.5) is 0 Å². The molecule has 0 spiro atoms. The monoisotopic (exact) mass is 482 g/mol. The summed E-state index contributed by atoms with van der Waals surface area (Å²) in [7, 11) is 1.48. The zero-order valence-electron chi connectivity index (χ0n) is 23.3. The maximum absolute atomic E-state index is 13.3. The van der Waals surface area contributed by atoms with E-state index in [-0.39, 0.29) is 39.3 Å². The first-order valence-electron chi connectivity index (χ1n) is 14.0. The third-order valence-corrected chi connectivity index (χ3v) is 12.9. The molecule has 4 heteroatoms. The molecule has 0 amide bonds. The molecule has 4 fully saturated rings. The standard InChI is InChI=1S/C31H46O4/c1-26(2)17-20-19-9-10-22-28(5)13-12-23(32)27(3,4)21(28)11-14-30(22,7)29(19,6)15-16-31(20,18-24(26)33)25(34)35-8/h9,20-22H,10-18H2,1-8H3/t20-,21-,22+,28-,29+,30+,31+/m0/s1. The van der Waals surface area contributed by atoms with Gasteiger partial charge in [0, 0.05) is 23.7 Å². The Balaban J connectivity index is 1.62. The molecular weight excluding hydrogens is 436 g/mol. The van der Waals surface area contributed by atoms with E-state index < -0.39 is 10.8 Å². The highest BCUT2D eigenvalue weighted by atomic mass is 16.5. The van der Waals surface area contributed by atoms with Gasteiger partial charge in [-0.2, -0.15) is 0 Å². The lowest BCUT2D eigenvalue weighted by molar-refractivity contribution is -0.190. The summed E-state index contributed by atoms with van der Waals surface area (Å²) in [6, 6.07) is 0. The molecule has 0 unspecified atom stereocenters. The number of esters is 1. The third kappa shape index (κ3) is 2.95. The zero-order chi connectivity index (χ0) is 25.8. The van der Waals surface area contributed by atoms with Crippen molar-refractivity contribution in [1.29, 1.82) is 0 Å². The van der Waals surface area contributed by atoms with Gasteiger partial charge in [-0.1, -0.05) is 60.1 Å². The van der Waals surface area contributed by atoms with Crippen molar-refractivity contribution in [2.45, 2.75) is 106 Å². The molecule has 5 aliphatic rings. The number of Topliss-reactive ketones (excluding diaryl/α,β-unsaturated/α-hetero) is 2. The largest absolute Gasteiger partial charge is 0.469 e. The molecule has 0 aliphatic heterocycles. The van der Waals surface area contributed by atoms with Gasteiger partial charge in [0.2, 0.25) is 0 Å². The highest BCUT2D eigenvalue weighted by Crippen LogP contribution is 2.75. The van der Waals surface area contributed by atoms with Crippen LogP contribution in [0.25, 0.3) is 0 Å². The number of rotatable bonds is 1. The third-order valence-electron chi connectivity index (χ3n) is 12.9. The summed E-state index contributed by atoms with van der Waals surface area (Å²) >= 11 is 0. The second kappa shape index (κ2) is 7.32. The maximum atomic E-state index is 13.3. The average molecular weight is 483 g/mol. The lowest BCUT2D eigenvalue weighted by atomic mass is 9.33. The molecule has 4 nitrogen and oxygen atoms in total. The molecule has 0 aromatic rings. The van der Waals surface area contributed by atoms with Gasteiger partial charge in [-0.05, 0) is 78.9 Å². The highest BCUT2D eigenvalue weighted by Gasteiger charge is 2.70. The minimum absolute atomic E-state index is 0.00580. The van der Waals surface area contributed by atoms with Gasteiger partial charge in [0.05, 0.1) is 12.5 Å². The number of methoxy groups -OCH3 is 1. The number of ether oxygens (including phenoxy) is 1. The van der Waals surface area contributed by atoms with Crippen LogP contribution in [-0.4, -0.2) is 24.6 Å². The Morgan fingerprint density at radius 1 is 0.914 bits per heavy atom. The molecule has 0 aromatic heterocycles. The molecule has 0 radical (unpaired) electrons. The van der Waals surface area contributed by atoms with E-state index in [1.165, 1.54) is 12.7 Å². The molecule has 0 N–H and O–H groups in total. The number of hydrogen-bond donors (Lipinski definition) is 0. The van der Waals surface area contributed by atoms with Crippen LogP contribution in [0.5, 0.6) is 0 Å². The summed E-state index contributed by atoms with van der Waals surface area (Å²) in [5, 5.41) is 0. The van der Waals surface area contributed by atoms with Gasteiger partial charge in [-0.15, -0.1) is 0 Å². The van der Waals surface area contributed by atoms with Crippen LogP contribution in [0.15, 0.2) is 11.6 Å². The maximum Gasteiger partial charge on any atom is 0.312 e. The van der Waals surface area contributed by atoms with Crippen molar-refractivity contribution < 1.29 is 19.1 Å². The first kappa shape index (κ1) is 25.2. The van der Waals surface area contributed by atoms with Crippen molar-refractivity contribution in [3.63, 3.8) is 0 Å². The Bertz CT molecular complexity index is 1020. The number of fused-ring (bicyclic) bond motifs is 7. The van der Waals surface area contributed by atoms with Gasteiger partial charge in [0.15, 0.2) is 0 Å². The van der Waals surface area contributed by atoms with E-state index in [1.807, 2.05) is 0 Å². The van der Waals surface area contributed by atoms with Crippen LogP contribution in [-0.2, 0) is 19.1 Å². The molecule has 0 bridgehead atoms. The van der Waals surface area contributed by atoms with Gasteiger partial charge < -0.3 is 4.74 Å². The minimum atomic E-state index is -0.712. The van der Waals surface area contributed by atoms with Crippen LogP contribution in [0.3, 0.4) is 0 Å². The van der Waals surface area contributed by atoms with Crippen LogP contribution in [0.1, 0.15) is 106 Å². The Kier molecular flexibility index (Phi) is 5.27. The Morgan fingerprint density at radius 2 is 1.60 bits per heavy atom. The van der Waals surface area contributed by atoms with Gasteiger partial charge in [-0.25, -0.2) is 0 Å². The number of carbonyl (C=O) groups is 3. The SMILES string of the molecule is COC(=O)[C@@]12CC[C@]3(C)C(=CC[C@@H]4[C@@]5(C)CCC(=O)C(C)(C)[C@@H]5CC[C@]43C)[C@@H]1CC(C)(C)C(=O)C2. The van der Waals surface area contributed by atoms with E-state index in [1.54, 1.807) is 0 Å². The van der Waals surface area contributed by atoms with Gasteiger partial charge >= 0.3 is 5.97 Å². The molecule has 0 saturated heterocycles. The summed E-state index contributed by atoms with van der Waals surface area (Å²) in [6.45, 7) is 16.0. The minimum Gasteiger partial charge on any atom is -0.469 e. The second-order valence-corrected chi connectivity index (χ2v) is 14.8. The topological polar surface area (TPSA) is 60.4 Å². The van der Waals surface area contributed by atoms with Crippen molar-refractivity contribution in [3.8, 4) is 0 Å². The molecule has 35 heavy (non-hydrogen) atoms. The summed E-state index contributed by atoms with van der Waals surface area (Å²) < 4.78 is 5.38. The van der Waals surface area contributed by atoms with Gasteiger partial charge in [0.1, 0.15) is 11.6 Å². The predicted molar refractivity (Wildman–Crippen MR) is 136 cm³/mol. The fourth-order valence-electron chi connectivity index (χ4n) is 10.4. The normalized spacial score (nSPS) is 48.0. The second-order valence-electron chi connectivity index (χ2n) is 14.8. The molecule has 4 saturated carbocycles. The first-order valence-corrected chi connectivity index (χ1v) is 14.0. The van der Waals surface area contributed by atoms with Crippen molar-refractivity contribution >= 4 is 17.5 Å². The van der Waals surface area contributed by atoms with Crippen LogP contribution < -0.4 is 0 Å². The van der Waals surface area contributed by atoms with Gasteiger partial charge in [0.25, 0.3) is 0 Å². The Labute approximate surface area is 212 Å². The summed E-state index contributed by atoms with van der Waals surface area (Å²) in [6.07, 6.45) is 10.1. The lowest BCUT2D eigenvalue weighted by Crippen LogP contribution is -2.65. The lowest BCUT2D eigenvalue weighted by Gasteiger charge is -2.70. The number of carbonyl (C=O) groups excluding carboxylic acids is 3. The molecule has 194 valence electrons. The Morgan fingerprint density at radius 3 is 2.26 bits per heavy atom. The van der Waals surface area contributed by atoms with E-state index >= 15 is 0 Å². The van der Waals surface area contributed by atoms with E-state index in [0.29, 0.717) is 30.5 Å². The first-order chi connectivity index (χ1) is 16.1. The quantitative estimate of drug-likeness (QED) is 0.308. The molecule has 5 rings (SSSR count). The molecule has 0 aromatic carbocycles. The number of hydrogen-bond acceptors (Lipinski definition) is 4. The molecule has 0 heterocycles. The van der Waals surface area contributed by atoms with E-state index in [4.69, 9.17) is 4.74 Å². The predicted octanol–water partition coefficient (Wildman–Crippen LogP) is 6.71. The molecule has 5 aliphatic carbocycles. The van der Waals surface area contributed by atoms with E-state index in [2.05, 4.69) is 54.5 Å². The van der Waals surface area contributed by atoms with Crippen LogP contribution in [0, 0.1) is 50.2 Å².